The normalized spacial score (nSPS) is 11.2. The van der Waals surface area contributed by atoms with E-state index in [9.17, 15) is 0 Å². The van der Waals surface area contributed by atoms with E-state index in [1.807, 2.05) is 0 Å². The van der Waals surface area contributed by atoms with E-state index in [0.29, 0.717) is 0 Å². The Bertz CT molecular complexity index is 55.9. The molecular formula is C5H15NO2. The first-order valence-corrected chi connectivity index (χ1v) is 2.31. The molecular weight excluding hydrogens is 106 g/mol. The van der Waals surface area contributed by atoms with Crippen molar-refractivity contribution in [3.05, 3.63) is 0 Å². The molecule has 5 N–H and O–H groups in total. The fourth-order valence-electron chi connectivity index (χ4n) is 0. The van der Waals surface area contributed by atoms with Gasteiger partial charge in [-0.25, -0.2) is 0 Å². The summed E-state index contributed by atoms with van der Waals surface area (Å²) in [7, 11) is 0. The van der Waals surface area contributed by atoms with Gasteiger partial charge in [-0.15, -0.1) is 0 Å². The maximum absolute atomic E-state index is 8.44. The number of hydrogen-bond acceptors (Lipinski definition) is 3. The van der Waals surface area contributed by atoms with Crippen LogP contribution in [0.15, 0.2) is 0 Å². The standard InChI is InChI=1S/C5H12O2.H3N/c1-5(2,3)4(6)7;/h4,6-7H,1-3H3;1H3. The summed E-state index contributed by atoms with van der Waals surface area (Å²) in [5, 5.41) is 16.9. The van der Waals surface area contributed by atoms with Gasteiger partial charge in [-0.05, 0) is 0 Å². The van der Waals surface area contributed by atoms with Crippen LogP contribution in [0.2, 0.25) is 0 Å². The number of hydrogen-bond donors (Lipinski definition) is 3. The third kappa shape index (κ3) is 4.05. The van der Waals surface area contributed by atoms with Crippen LogP contribution in [0.1, 0.15) is 20.8 Å². The summed E-state index contributed by atoms with van der Waals surface area (Å²) < 4.78 is 0. The van der Waals surface area contributed by atoms with Crippen LogP contribution in [0.4, 0.5) is 0 Å². The Labute approximate surface area is 49.9 Å². The molecule has 52 valence electrons. The molecule has 0 aromatic carbocycles. The first-order valence-electron chi connectivity index (χ1n) is 2.31. The Morgan fingerprint density at radius 2 is 1.25 bits per heavy atom. The first kappa shape index (κ1) is 10.8. The number of aliphatic hydroxyl groups excluding tert-OH is 1. The van der Waals surface area contributed by atoms with E-state index in [1.165, 1.54) is 0 Å². The van der Waals surface area contributed by atoms with E-state index >= 15 is 0 Å². The molecule has 0 unspecified atom stereocenters. The molecule has 0 spiro atoms. The molecule has 0 heterocycles. The van der Waals surface area contributed by atoms with Gasteiger partial charge in [-0.3, -0.25) is 0 Å². The lowest BCUT2D eigenvalue weighted by Gasteiger charge is -2.19. The Kier molecular flexibility index (Phi) is 4.07. The predicted octanol–water partition coefficient (Wildman–Crippen LogP) is 0.505. The van der Waals surface area contributed by atoms with Gasteiger partial charge < -0.3 is 16.4 Å². The lowest BCUT2D eigenvalue weighted by molar-refractivity contribution is -0.113. The summed E-state index contributed by atoms with van der Waals surface area (Å²) in [5.74, 6) is 0. The second-order valence-electron chi connectivity index (χ2n) is 2.74. The summed E-state index contributed by atoms with van der Waals surface area (Å²) >= 11 is 0. The molecule has 0 saturated heterocycles. The summed E-state index contributed by atoms with van der Waals surface area (Å²) in [4.78, 5) is 0. The van der Waals surface area contributed by atoms with Crippen LogP contribution >= 0.6 is 0 Å². The Balaban J connectivity index is 0. The molecule has 0 fully saturated rings. The molecule has 0 amide bonds. The van der Waals surface area contributed by atoms with Crippen molar-refractivity contribution < 1.29 is 10.2 Å². The highest BCUT2D eigenvalue weighted by Crippen LogP contribution is 2.15. The van der Waals surface area contributed by atoms with E-state index in [4.69, 9.17) is 10.2 Å². The monoisotopic (exact) mass is 121 g/mol. The van der Waals surface area contributed by atoms with E-state index in [0.717, 1.165) is 0 Å². The molecule has 0 bridgehead atoms. The van der Waals surface area contributed by atoms with Crippen molar-refractivity contribution in [2.24, 2.45) is 5.41 Å². The van der Waals surface area contributed by atoms with Crippen LogP contribution in [0, 0.1) is 5.41 Å². The van der Waals surface area contributed by atoms with Crippen molar-refractivity contribution in [1.29, 1.82) is 0 Å². The second-order valence-corrected chi connectivity index (χ2v) is 2.74. The topological polar surface area (TPSA) is 75.5 Å². The highest BCUT2D eigenvalue weighted by atomic mass is 16.5. The zero-order chi connectivity index (χ0) is 6.08. The van der Waals surface area contributed by atoms with Crippen molar-refractivity contribution >= 4 is 0 Å². The van der Waals surface area contributed by atoms with Crippen molar-refractivity contribution in [3.8, 4) is 0 Å². The van der Waals surface area contributed by atoms with Crippen LogP contribution in [0.25, 0.3) is 0 Å². The lowest BCUT2D eigenvalue weighted by atomic mass is 9.96. The van der Waals surface area contributed by atoms with Gasteiger partial charge in [0, 0.05) is 5.41 Å². The maximum Gasteiger partial charge on any atom is 0.156 e. The zero-order valence-electron chi connectivity index (χ0n) is 5.68. The van der Waals surface area contributed by atoms with Crippen molar-refractivity contribution in [2.75, 3.05) is 0 Å². The van der Waals surface area contributed by atoms with Crippen LogP contribution < -0.4 is 6.15 Å². The maximum atomic E-state index is 8.44. The van der Waals surface area contributed by atoms with Crippen LogP contribution in [0.5, 0.6) is 0 Å². The Morgan fingerprint density at radius 3 is 1.25 bits per heavy atom. The fourth-order valence-corrected chi connectivity index (χ4v) is 0. The molecule has 0 aromatic heterocycles. The van der Waals surface area contributed by atoms with Gasteiger partial charge in [0.05, 0.1) is 0 Å². The summed E-state index contributed by atoms with van der Waals surface area (Å²) in [6, 6.07) is 0. The Morgan fingerprint density at radius 1 is 1.12 bits per heavy atom. The average molecular weight is 121 g/mol. The molecule has 0 aliphatic carbocycles. The molecule has 0 radical (unpaired) electrons. The lowest BCUT2D eigenvalue weighted by Crippen LogP contribution is -2.24. The van der Waals surface area contributed by atoms with Gasteiger partial charge in [-0.2, -0.15) is 0 Å². The van der Waals surface area contributed by atoms with Crippen molar-refractivity contribution in [3.63, 3.8) is 0 Å². The van der Waals surface area contributed by atoms with Crippen LogP contribution in [-0.4, -0.2) is 16.5 Å². The third-order valence-corrected chi connectivity index (χ3v) is 0.775. The van der Waals surface area contributed by atoms with Gasteiger partial charge in [0.1, 0.15) is 0 Å². The number of aliphatic hydroxyl groups is 2. The zero-order valence-corrected chi connectivity index (χ0v) is 5.68. The molecule has 0 atom stereocenters. The Hall–Kier alpha value is -0.120. The SMILES string of the molecule is CC(C)(C)C(O)O.N. The van der Waals surface area contributed by atoms with Crippen LogP contribution in [0.3, 0.4) is 0 Å². The van der Waals surface area contributed by atoms with E-state index in [-0.39, 0.29) is 11.6 Å². The van der Waals surface area contributed by atoms with E-state index in [2.05, 4.69) is 0 Å². The van der Waals surface area contributed by atoms with E-state index < -0.39 is 6.29 Å². The van der Waals surface area contributed by atoms with Gasteiger partial charge in [0.25, 0.3) is 0 Å². The molecule has 0 saturated carbocycles. The third-order valence-electron chi connectivity index (χ3n) is 0.775. The van der Waals surface area contributed by atoms with Crippen molar-refractivity contribution in [1.82, 2.24) is 6.15 Å². The van der Waals surface area contributed by atoms with Gasteiger partial charge in [0.2, 0.25) is 0 Å². The highest BCUT2D eigenvalue weighted by Gasteiger charge is 2.18. The minimum absolute atomic E-state index is 0. The smallest absolute Gasteiger partial charge is 0.156 e. The second kappa shape index (κ2) is 3.02. The largest absolute Gasteiger partial charge is 0.368 e. The molecule has 0 aliphatic rings. The summed E-state index contributed by atoms with van der Waals surface area (Å²) in [6.07, 6.45) is -1.20. The van der Waals surface area contributed by atoms with Gasteiger partial charge in [0.15, 0.2) is 6.29 Å². The molecule has 3 heteroatoms. The minimum Gasteiger partial charge on any atom is -0.368 e. The van der Waals surface area contributed by atoms with Crippen molar-refractivity contribution in [2.45, 2.75) is 27.1 Å². The van der Waals surface area contributed by atoms with Gasteiger partial charge in [-0.1, -0.05) is 20.8 Å². The summed E-state index contributed by atoms with van der Waals surface area (Å²) in [6.45, 7) is 5.28. The van der Waals surface area contributed by atoms with Gasteiger partial charge >= 0.3 is 0 Å². The summed E-state index contributed by atoms with van der Waals surface area (Å²) in [5.41, 5.74) is -0.389. The van der Waals surface area contributed by atoms with Crippen LogP contribution in [-0.2, 0) is 0 Å². The molecule has 0 aromatic rings. The molecule has 0 rings (SSSR count). The fraction of sp³-hybridized carbons (Fsp3) is 1.00. The molecule has 0 aliphatic heterocycles. The number of rotatable bonds is 0. The quantitative estimate of drug-likeness (QED) is 0.408. The van der Waals surface area contributed by atoms with E-state index in [1.54, 1.807) is 20.8 Å². The molecule has 3 nitrogen and oxygen atoms in total. The predicted molar refractivity (Wildman–Crippen MR) is 32.7 cm³/mol. The highest BCUT2D eigenvalue weighted by molar-refractivity contribution is 4.61. The minimum atomic E-state index is -1.20. The first-order chi connectivity index (χ1) is 2.94. The average Bonchev–Trinajstić information content (AvgIpc) is 1.31. The molecule has 8 heavy (non-hydrogen) atoms.